The van der Waals surface area contributed by atoms with Crippen LogP contribution in [0, 0.1) is 0 Å². The van der Waals surface area contributed by atoms with E-state index in [-0.39, 0.29) is 6.79 Å². The van der Waals surface area contributed by atoms with E-state index in [1.165, 1.54) is 6.21 Å². The molecule has 0 saturated carbocycles. The van der Waals surface area contributed by atoms with Crippen LogP contribution in [0.4, 0.5) is 4.79 Å². The Bertz CT molecular complexity index is 474. The van der Waals surface area contributed by atoms with E-state index in [1.807, 2.05) is 13.0 Å². The first kappa shape index (κ1) is 13.2. The van der Waals surface area contributed by atoms with Crippen molar-refractivity contribution < 1.29 is 19.0 Å². The van der Waals surface area contributed by atoms with Gasteiger partial charge in [-0.2, -0.15) is 5.10 Å². The number of rotatable bonds is 5. The van der Waals surface area contributed by atoms with Gasteiger partial charge in [-0.1, -0.05) is 13.3 Å². The molecule has 1 N–H and O–H groups in total. The molecule has 0 atom stereocenters. The molecular formula is C13H16N2O4. The summed E-state index contributed by atoms with van der Waals surface area (Å²) >= 11 is 0. The van der Waals surface area contributed by atoms with Gasteiger partial charge in [0.25, 0.3) is 0 Å². The van der Waals surface area contributed by atoms with Gasteiger partial charge in [-0.25, -0.2) is 10.2 Å². The molecule has 0 aliphatic carbocycles. The minimum Gasteiger partial charge on any atom is -0.454 e. The Hall–Kier alpha value is -2.24. The van der Waals surface area contributed by atoms with Gasteiger partial charge in [0.05, 0.1) is 12.8 Å². The van der Waals surface area contributed by atoms with Crippen LogP contribution in [-0.2, 0) is 4.74 Å². The molecule has 0 bridgehead atoms. The molecule has 1 aliphatic rings. The molecule has 102 valence electrons. The Labute approximate surface area is 111 Å². The van der Waals surface area contributed by atoms with Crippen molar-refractivity contribution in [1.82, 2.24) is 5.43 Å². The molecule has 19 heavy (non-hydrogen) atoms. The number of hydrazone groups is 1. The molecule has 1 amide bonds. The van der Waals surface area contributed by atoms with Crippen LogP contribution in [0.25, 0.3) is 0 Å². The third-order valence-electron chi connectivity index (χ3n) is 2.50. The number of ether oxygens (including phenoxy) is 3. The highest BCUT2D eigenvalue weighted by atomic mass is 16.7. The van der Waals surface area contributed by atoms with Crippen LogP contribution in [0.2, 0.25) is 0 Å². The van der Waals surface area contributed by atoms with Gasteiger partial charge in [0.2, 0.25) is 6.79 Å². The van der Waals surface area contributed by atoms with Gasteiger partial charge in [-0.15, -0.1) is 0 Å². The van der Waals surface area contributed by atoms with Crippen LogP contribution in [0.5, 0.6) is 11.5 Å². The average molecular weight is 264 g/mol. The van der Waals surface area contributed by atoms with Crippen molar-refractivity contribution >= 4 is 12.3 Å². The lowest BCUT2D eigenvalue weighted by Gasteiger charge is -2.01. The first-order valence-corrected chi connectivity index (χ1v) is 6.15. The van der Waals surface area contributed by atoms with Crippen LogP contribution in [-0.4, -0.2) is 25.7 Å². The highest BCUT2D eigenvalue weighted by molar-refractivity contribution is 5.82. The number of amides is 1. The first-order valence-electron chi connectivity index (χ1n) is 6.15. The summed E-state index contributed by atoms with van der Waals surface area (Å²) < 4.78 is 15.3. The molecule has 1 heterocycles. The predicted molar refractivity (Wildman–Crippen MR) is 69.6 cm³/mol. The second-order valence-corrected chi connectivity index (χ2v) is 3.97. The smallest absolute Gasteiger partial charge is 0.427 e. The molecule has 6 heteroatoms. The zero-order valence-corrected chi connectivity index (χ0v) is 10.7. The van der Waals surface area contributed by atoms with Gasteiger partial charge in [-0.05, 0) is 30.2 Å². The van der Waals surface area contributed by atoms with E-state index in [0.717, 1.165) is 18.4 Å². The molecule has 0 fully saturated rings. The lowest BCUT2D eigenvalue weighted by Crippen LogP contribution is -2.19. The zero-order chi connectivity index (χ0) is 13.5. The summed E-state index contributed by atoms with van der Waals surface area (Å²) in [5, 5.41) is 3.80. The van der Waals surface area contributed by atoms with Gasteiger partial charge in [0.1, 0.15) is 0 Å². The van der Waals surface area contributed by atoms with Crippen molar-refractivity contribution in [2.45, 2.75) is 19.8 Å². The molecule has 1 aliphatic heterocycles. The van der Waals surface area contributed by atoms with Gasteiger partial charge in [0, 0.05) is 0 Å². The quantitative estimate of drug-likeness (QED) is 0.503. The summed E-state index contributed by atoms with van der Waals surface area (Å²) in [7, 11) is 0. The van der Waals surface area contributed by atoms with Crippen LogP contribution < -0.4 is 14.9 Å². The normalized spacial score (nSPS) is 12.7. The zero-order valence-electron chi connectivity index (χ0n) is 10.7. The van der Waals surface area contributed by atoms with E-state index in [4.69, 9.17) is 14.2 Å². The van der Waals surface area contributed by atoms with Crippen LogP contribution in [0.15, 0.2) is 23.3 Å². The summed E-state index contributed by atoms with van der Waals surface area (Å²) in [5.41, 5.74) is 3.10. The van der Waals surface area contributed by atoms with E-state index in [0.29, 0.717) is 18.1 Å². The maximum Gasteiger partial charge on any atom is 0.427 e. The molecule has 0 aromatic heterocycles. The lowest BCUT2D eigenvalue weighted by molar-refractivity contribution is 0.145. The van der Waals surface area contributed by atoms with Crippen LogP contribution in [0.1, 0.15) is 25.3 Å². The Morgan fingerprint density at radius 3 is 3.16 bits per heavy atom. The highest BCUT2D eigenvalue weighted by Gasteiger charge is 2.12. The second-order valence-electron chi connectivity index (χ2n) is 3.97. The van der Waals surface area contributed by atoms with E-state index in [2.05, 4.69) is 10.5 Å². The largest absolute Gasteiger partial charge is 0.454 e. The Kier molecular flexibility index (Phi) is 4.60. The van der Waals surface area contributed by atoms with Gasteiger partial charge in [-0.3, -0.25) is 0 Å². The van der Waals surface area contributed by atoms with E-state index in [9.17, 15) is 4.79 Å². The molecule has 0 saturated heterocycles. The highest BCUT2D eigenvalue weighted by Crippen LogP contribution is 2.31. The molecular weight excluding hydrogens is 248 g/mol. The minimum atomic E-state index is -0.551. The fraction of sp³-hybridized carbons (Fsp3) is 0.385. The number of hydrogen-bond acceptors (Lipinski definition) is 5. The maximum absolute atomic E-state index is 11.2. The second kappa shape index (κ2) is 6.63. The van der Waals surface area contributed by atoms with E-state index < -0.39 is 6.09 Å². The summed E-state index contributed by atoms with van der Waals surface area (Å²) in [5.74, 6) is 1.39. The monoisotopic (exact) mass is 264 g/mol. The van der Waals surface area contributed by atoms with Crippen molar-refractivity contribution in [2.24, 2.45) is 5.10 Å². The number of carbonyl (C=O) groups is 1. The Morgan fingerprint density at radius 2 is 2.32 bits per heavy atom. The van der Waals surface area contributed by atoms with Gasteiger partial charge < -0.3 is 14.2 Å². The van der Waals surface area contributed by atoms with Gasteiger partial charge in [0.15, 0.2) is 11.5 Å². The molecule has 1 aromatic carbocycles. The molecule has 0 radical (unpaired) electrons. The predicted octanol–water partition coefficient (Wildman–Crippen LogP) is 2.28. The summed E-state index contributed by atoms with van der Waals surface area (Å²) in [6.45, 7) is 2.67. The van der Waals surface area contributed by atoms with Crippen molar-refractivity contribution in [3.8, 4) is 11.5 Å². The molecule has 2 rings (SSSR count). The number of unbranched alkanes of at least 4 members (excludes halogenated alkanes) is 1. The number of nitrogens with zero attached hydrogens (tertiary/aromatic N) is 1. The van der Waals surface area contributed by atoms with Crippen molar-refractivity contribution in [2.75, 3.05) is 13.4 Å². The summed E-state index contributed by atoms with van der Waals surface area (Å²) in [6.07, 6.45) is 2.79. The first-order chi connectivity index (χ1) is 9.29. The molecule has 6 nitrogen and oxygen atoms in total. The number of benzene rings is 1. The topological polar surface area (TPSA) is 69.2 Å². The van der Waals surface area contributed by atoms with Crippen LogP contribution in [0.3, 0.4) is 0 Å². The maximum atomic E-state index is 11.2. The third kappa shape index (κ3) is 3.87. The van der Waals surface area contributed by atoms with E-state index in [1.54, 1.807) is 12.1 Å². The summed E-state index contributed by atoms with van der Waals surface area (Å²) in [4.78, 5) is 11.2. The molecule has 0 unspecified atom stereocenters. The standard InChI is InChI=1S/C13H16N2O4/c1-2-3-6-17-13(16)15-14-8-10-4-5-11-12(7-10)19-9-18-11/h4-5,7-8H,2-3,6,9H2,1H3,(H,15,16)/b14-8+. The molecule has 1 aromatic rings. The van der Waals surface area contributed by atoms with Gasteiger partial charge >= 0.3 is 6.09 Å². The average Bonchev–Trinajstić information content (AvgIpc) is 2.86. The SMILES string of the molecule is CCCCOC(=O)N/N=C/c1ccc2c(c1)OCO2. The van der Waals surface area contributed by atoms with Crippen molar-refractivity contribution in [1.29, 1.82) is 0 Å². The number of hydrogen-bond donors (Lipinski definition) is 1. The van der Waals surface area contributed by atoms with Crippen molar-refractivity contribution in [3.63, 3.8) is 0 Å². The van der Waals surface area contributed by atoms with Crippen molar-refractivity contribution in [3.05, 3.63) is 23.8 Å². The Morgan fingerprint density at radius 1 is 1.47 bits per heavy atom. The Balaban J connectivity index is 1.80. The molecule has 0 spiro atoms. The summed E-state index contributed by atoms with van der Waals surface area (Å²) in [6, 6.07) is 5.40. The minimum absolute atomic E-state index is 0.234. The van der Waals surface area contributed by atoms with E-state index >= 15 is 0 Å². The fourth-order valence-electron chi connectivity index (χ4n) is 1.49. The third-order valence-corrected chi connectivity index (χ3v) is 2.50. The number of nitrogens with one attached hydrogen (secondary N) is 1. The van der Waals surface area contributed by atoms with Crippen LogP contribution >= 0.6 is 0 Å². The number of carbonyl (C=O) groups excluding carboxylic acids is 1. The lowest BCUT2D eigenvalue weighted by atomic mass is 10.2. The fourth-order valence-corrected chi connectivity index (χ4v) is 1.49. The number of fused-ring (bicyclic) bond motifs is 1.